The van der Waals surface area contributed by atoms with E-state index in [0.717, 1.165) is 6.08 Å². The van der Waals surface area contributed by atoms with Crippen LogP contribution in [0.25, 0.3) is 6.08 Å². The Morgan fingerprint density at radius 1 is 1.15 bits per heavy atom. The molecular formula is C19H17F2NO4. The molecule has 0 bridgehead atoms. The summed E-state index contributed by atoms with van der Waals surface area (Å²) in [6.07, 6.45) is -1.02. The Kier molecular flexibility index (Phi) is 6.84. The van der Waals surface area contributed by atoms with E-state index in [0.29, 0.717) is 22.4 Å². The third-order valence-electron chi connectivity index (χ3n) is 3.31. The molecule has 5 nitrogen and oxygen atoms in total. The van der Waals surface area contributed by atoms with Gasteiger partial charge < -0.3 is 14.7 Å². The van der Waals surface area contributed by atoms with Gasteiger partial charge in [-0.1, -0.05) is 41.6 Å². The molecule has 136 valence electrons. The second-order valence-corrected chi connectivity index (χ2v) is 5.11. The lowest BCUT2D eigenvalue weighted by Gasteiger charge is -2.11. The number of hydrogen-bond acceptors (Lipinski definition) is 4. The van der Waals surface area contributed by atoms with E-state index in [4.69, 9.17) is 9.57 Å². The third-order valence-corrected chi connectivity index (χ3v) is 3.31. The van der Waals surface area contributed by atoms with Crippen LogP contribution >= 0.6 is 0 Å². The molecule has 7 heteroatoms. The average molecular weight is 361 g/mol. The van der Waals surface area contributed by atoms with Crippen molar-refractivity contribution in [3.05, 3.63) is 71.3 Å². The number of carbonyl (C=O) groups is 1. The summed E-state index contributed by atoms with van der Waals surface area (Å²) in [5.74, 6) is -0.745. The maximum atomic E-state index is 12.2. The highest BCUT2D eigenvalue weighted by Crippen LogP contribution is 2.18. The molecule has 0 unspecified atom stereocenters. The highest BCUT2D eigenvalue weighted by atomic mass is 19.3. The minimum absolute atomic E-state index is 0.0846. The van der Waals surface area contributed by atoms with E-state index in [9.17, 15) is 18.7 Å². The maximum Gasteiger partial charge on any atom is 0.358 e. The molecule has 0 aliphatic carbocycles. The van der Waals surface area contributed by atoms with E-state index in [-0.39, 0.29) is 18.9 Å². The quantitative estimate of drug-likeness (QED) is 0.561. The normalized spacial score (nSPS) is 11.0. The standard InChI is InChI=1S/C19H17F2NO4/c1-2-26-22-18(19(23)24)16-6-4-3-5-14(16)12-25-15-9-7-13(8-10-15)11-17(20)21/h3-11H,2,12H2,1H3,(H,23,24)/b22-18+. The van der Waals surface area contributed by atoms with Gasteiger partial charge in [-0.2, -0.15) is 8.78 Å². The van der Waals surface area contributed by atoms with Crippen LogP contribution in [0.15, 0.2) is 59.8 Å². The Hall–Kier alpha value is -3.22. The van der Waals surface area contributed by atoms with Gasteiger partial charge in [0.25, 0.3) is 6.08 Å². The Morgan fingerprint density at radius 3 is 2.46 bits per heavy atom. The Morgan fingerprint density at radius 2 is 1.85 bits per heavy atom. The molecule has 2 aromatic rings. The van der Waals surface area contributed by atoms with Crippen molar-refractivity contribution in [2.45, 2.75) is 13.5 Å². The predicted octanol–water partition coefficient (Wildman–Crippen LogP) is 4.33. The summed E-state index contributed by atoms with van der Waals surface area (Å²) in [6.45, 7) is 2.03. The number of nitrogens with zero attached hydrogens (tertiary/aromatic N) is 1. The smallest absolute Gasteiger partial charge is 0.358 e. The van der Waals surface area contributed by atoms with Crippen LogP contribution in [0.3, 0.4) is 0 Å². The van der Waals surface area contributed by atoms with Crippen LogP contribution in [0.2, 0.25) is 0 Å². The molecule has 0 saturated heterocycles. The molecule has 0 aromatic heterocycles. The number of carboxylic acid groups (broad SMARTS) is 1. The van der Waals surface area contributed by atoms with E-state index in [1.807, 2.05) is 0 Å². The van der Waals surface area contributed by atoms with Crippen LogP contribution in [0.4, 0.5) is 8.78 Å². The SMILES string of the molecule is CCO/N=C(/C(=O)O)c1ccccc1COc1ccc(C=C(F)F)cc1. The minimum Gasteiger partial charge on any atom is -0.489 e. The van der Waals surface area contributed by atoms with Gasteiger partial charge >= 0.3 is 5.97 Å². The first-order valence-electron chi connectivity index (χ1n) is 7.78. The second kappa shape index (κ2) is 9.31. The fourth-order valence-electron chi connectivity index (χ4n) is 2.16. The lowest BCUT2D eigenvalue weighted by molar-refractivity contribution is -0.129. The zero-order chi connectivity index (χ0) is 18.9. The number of ether oxygens (including phenoxy) is 1. The molecule has 0 atom stereocenters. The molecule has 2 rings (SSSR count). The van der Waals surface area contributed by atoms with Gasteiger partial charge in [-0.05, 0) is 30.2 Å². The van der Waals surface area contributed by atoms with E-state index < -0.39 is 12.0 Å². The summed E-state index contributed by atoms with van der Waals surface area (Å²) in [6, 6.07) is 12.9. The summed E-state index contributed by atoms with van der Waals surface area (Å²) in [4.78, 5) is 16.3. The molecule has 0 heterocycles. The average Bonchev–Trinajstić information content (AvgIpc) is 2.61. The van der Waals surface area contributed by atoms with Crippen molar-refractivity contribution in [3.8, 4) is 5.75 Å². The zero-order valence-electron chi connectivity index (χ0n) is 14.0. The van der Waals surface area contributed by atoms with Crippen molar-refractivity contribution in [1.82, 2.24) is 0 Å². The van der Waals surface area contributed by atoms with Crippen molar-refractivity contribution in [2.75, 3.05) is 6.61 Å². The van der Waals surface area contributed by atoms with Crippen LogP contribution in [-0.4, -0.2) is 23.4 Å². The number of oxime groups is 1. The number of benzene rings is 2. The number of aliphatic carboxylic acids is 1. The predicted molar refractivity (Wildman–Crippen MR) is 93.2 cm³/mol. The minimum atomic E-state index is -1.78. The van der Waals surface area contributed by atoms with Gasteiger partial charge in [-0.25, -0.2) is 4.79 Å². The number of halogens is 2. The van der Waals surface area contributed by atoms with Crippen LogP contribution in [-0.2, 0) is 16.2 Å². The van der Waals surface area contributed by atoms with Crippen molar-refractivity contribution in [2.24, 2.45) is 5.16 Å². The van der Waals surface area contributed by atoms with Crippen molar-refractivity contribution >= 4 is 17.8 Å². The molecule has 0 fully saturated rings. The highest BCUT2D eigenvalue weighted by Gasteiger charge is 2.17. The summed E-state index contributed by atoms with van der Waals surface area (Å²) in [5, 5.41) is 13.0. The topological polar surface area (TPSA) is 68.1 Å². The van der Waals surface area contributed by atoms with Crippen LogP contribution < -0.4 is 4.74 Å². The summed E-state index contributed by atoms with van der Waals surface area (Å²) in [5.41, 5.74) is 1.12. The van der Waals surface area contributed by atoms with Gasteiger partial charge in [0.15, 0.2) is 5.71 Å². The first-order valence-corrected chi connectivity index (χ1v) is 7.78. The molecule has 0 spiro atoms. The van der Waals surface area contributed by atoms with Crippen LogP contribution in [0.1, 0.15) is 23.6 Å². The molecular weight excluding hydrogens is 344 g/mol. The fourth-order valence-corrected chi connectivity index (χ4v) is 2.16. The van der Waals surface area contributed by atoms with Crippen molar-refractivity contribution in [1.29, 1.82) is 0 Å². The van der Waals surface area contributed by atoms with Gasteiger partial charge in [-0.3, -0.25) is 0 Å². The van der Waals surface area contributed by atoms with Gasteiger partial charge in [0.05, 0.1) is 0 Å². The molecule has 1 N–H and O–H groups in total. The van der Waals surface area contributed by atoms with E-state index in [1.54, 1.807) is 43.3 Å². The third kappa shape index (κ3) is 5.41. The molecule has 0 aliphatic heterocycles. The zero-order valence-corrected chi connectivity index (χ0v) is 14.0. The van der Waals surface area contributed by atoms with E-state index in [2.05, 4.69) is 5.16 Å². The van der Waals surface area contributed by atoms with E-state index in [1.165, 1.54) is 12.1 Å². The lowest BCUT2D eigenvalue weighted by Crippen LogP contribution is -2.18. The summed E-state index contributed by atoms with van der Waals surface area (Å²) >= 11 is 0. The Labute approximate surface area is 149 Å². The molecule has 0 amide bonds. The Bertz CT molecular complexity index is 813. The molecule has 0 saturated carbocycles. The summed E-state index contributed by atoms with van der Waals surface area (Å²) < 4.78 is 30.1. The first-order chi connectivity index (χ1) is 12.5. The number of carboxylic acids is 1. The Balaban J connectivity index is 2.17. The van der Waals surface area contributed by atoms with Gasteiger partial charge in [0.2, 0.25) is 0 Å². The lowest BCUT2D eigenvalue weighted by atomic mass is 10.0. The van der Waals surface area contributed by atoms with Gasteiger partial charge in [0.1, 0.15) is 19.0 Å². The highest BCUT2D eigenvalue weighted by molar-refractivity contribution is 6.42. The van der Waals surface area contributed by atoms with Gasteiger partial charge in [0, 0.05) is 11.6 Å². The molecule has 0 radical (unpaired) electrons. The van der Waals surface area contributed by atoms with Crippen molar-refractivity contribution < 1.29 is 28.3 Å². The maximum absolute atomic E-state index is 12.2. The number of hydrogen-bond donors (Lipinski definition) is 1. The monoisotopic (exact) mass is 361 g/mol. The number of rotatable bonds is 8. The molecule has 0 aliphatic rings. The van der Waals surface area contributed by atoms with Crippen LogP contribution in [0.5, 0.6) is 5.75 Å². The van der Waals surface area contributed by atoms with E-state index >= 15 is 0 Å². The molecule has 2 aromatic carbocycles. The fraction of sp³-hybridized carbons (Fsp3) is 0.158. The molecule has 26 heavy (non-hydrogen) atoms. The van der Waals surface area contributed by atoms with Crippen LogP contribution in [0, 0.1) is 0 Å². The first kappa shape index (κ1) is 19.1. The van der Waals surface area contributed by atoms with Crippen molar-refractivity contribution in [3.63, 3.8) is 0 Å². The summed E-state index contributed by atoms with van der Waals surface area (Å²) in [7, 11) is 0. The largest absolute Gasteiger partial charge is 0.489 e. The van der Waals surface area contributed by atoms with Gasteiger partial charge in [-0.15, -0.1) is 0 Å². The second-order valence-electron chi connectivity index (χ2n) is 5.11.